The van der Waals surface area contributed by atoms with Crippen LogP contribution in [0.3, 0.4) is 0 Å². The van der Waals surface area contributed by atoms with Gasteiger partial charge in [-0.05, 0) is 30.2 Å². The van der Waals surface area contributed by atoms with Crippen LogP contribution in [0.4, 0.5) is 11.9 Å². The molecule has 0 aliphatic rings. The van der Waals surface area contributed by atoms with Crippen LogP contribution < -0.4 is 10.6 Å². The fourth-order valence-corrected chi connectivity index (χ4v) is 2.47. The summed E-state index contributed by atoms with van der Waals surface area (Å²) in [6.07, 6.45) is 1.06. The molecule has 0 saturated carbocycles. The lowest BCUT2D eigenvalue weighted by Crippen LogP contribution is -2.06. The minimum Gasteiger partial charge on any atom is -0.357 e. The molecule has 0 bridgehead atoms. The highest BCUT2D eigenvalue weighted by Crippen LogP contribution is 2.18. The van der Waals surface area contributed by atoms with Gasteiger partial charge >= 0.3 is 0 Å². The zero-order valence-electron chi connectivity index (χ0n) is 10.2. The summed E-state index contributed by atoms with van der Waals surface area (Å²) < 4.78 is 0. The maximum Gasteiger partial charge on any atom is 0.229 e. The zero-order chi connectivity index (χ0) is 13.0. The van der Waals surface area contributed by atoms with Crippen LogP contribution in [-0.2, 0) is 13.0 Å². The normalized spacial score (nSPS) is 10.4. The first-order chi connectivity index (χ1) is 8.71. The van der Waals surface area contributed by atoms with Gasteiger partial charge in [0.15, 0.2) is 0 Å². The van der Waals surface area contributed by atoms with Gasteiger partial charge < -0.3 is 10.6 Å². The summed E-state index contributed by atoms with van der Waals surface area (Å²) in [4.78, 5) is 14.7. The Bertz CT molecular complexity index is 528. The van der Waals surface area contributed by atoms with Crippen molar-refractivity contribution in [3.8, 4) is 0 Å². The average Bonchev–Trinajstić information content (AvgIpc) is 2.83. The molecule has 0 amide bonds. The number of rotatable bonds is 5. The van der Waals surface area contributed by atoms with E-state index in [2.05, 4.69) is 44.6 Å². The molecule has 2 aromatic rings. The number of aromatic nitrogens is 3. The molecule has 0 saturated heterocycles. The monoisotopic (exact) mass is 283 g/mol. The van der Waals surface area contributed by atoms with E-state index in [1.165, 1.54) is 9.75 Å². The van der Waals surface area contributed by atoms with Crippen molar-refractivity contribution in [2.24, 2.45) is 0 Å². The van der Waals surface area contributed by atoms with Crippen molar-refractivity contribution in [1.29, 1.82) is 0 Å². The van der Waals surface area contributed by atoms with E-state index in [0.29, 0.717) is 18.4 Å². The highest BCUT2D eigenvalue weighted by molar-refractivity contribution is 7.12. The first-order valence-corrected chi connectivity index (χ1v) is 6.81. The Morgan fingerprint density at radius 3 is 2.56 bits per heavy atom. The third-order valence-corrected chi connectivity index (χ3v) is 3.72. The van der Waals surface area contributed by atoms with Gasteiger partial charge in [-0.1, -0.05) is 6.92 Å². The molecule has 2 aromatic heterocycles. The van der Waals surface area contributed by atoms with Crippen LogP contribution in [0.5, 0.6) is 0 Å². The van der Waals surface area contributed by atoms with Gasteiger partial charge in [0, 0.05) is 16.8 Å². The van der Waals surface area contributed by atoms with Crippen molar-refractivity contribution in [3.05, 3.63) is 27.2 Å². The molecule has 0 aliphatic heterocycles. The second-order valence-electron chi connectivity index (χ2n) is 3.58. The van der Waals surface area contributed by atoms with Crippen LogP contribution in [0.2, 0.25) is 5.28 Å². The van der Waals surface area contributed by atoms with Crippen LogP contribution in [0, 0.1) is 0 Å². The Morgan fingerprint density at radius 1 is 1.17 bits per heavy atom. The number of hydrogen-bond donors (Lipinski definition) is 2. The molecular formula is C11H14ClN5S. The van der Waals surface area contributed by atoms with E-state index in [0.717, 1.165) is 6.42 Å². The number of nitrogens with zero attached hydrogens (tertiary/aromatic N) is 3. The fourth-order valence-electron chi connectivity index (χ4n) is 1.41. The molecule has 0 aromatic carbocycles. The summed E-state index contributed by atoms with van der Waals surface area (Å²) in [6, 6.07) is 4.25. The Hall–Kier alpha value is -1.40. The van der Waals surface area contributed by atoms with E-state index in [1.807, 2.05) is 0 Å². The third kappa shape index (κ3) is 3.30. The van der Waals surface area contributed by atoms with Gasteiger partial charge in [-0.15, -0.1) is 11.3 Å². The quantitative estimate of drug-likeness (QED) is 0.883. The molecule has 0 spiro atoms. The van der Waals surface area contributed by atoms with Crippen molar-refractivity contribution >= 4 is 34.8 Å². The van der Waals surface area contributed by atoms with Gasteiger partial charge in [-0.25, -0.2) is 0 Å². The van der Waals surface area contributed by atoms with Crippen LogP contribution in [0.25, 0.3) is 0 Å². The molecule has 2 rings (SSSR count). The lowest BCUT2D eigenvalue weighted by Gasteiger charge is -2.05. The first-order valence-electron chi connectivity index (χ1n) is 5.62. The van der Waals surface area contributed by atoms with Gasteiger partial charge in [0.25, 0.3) is 0 Å². The summed E-state index contributed by atoms with van der Waals surface area (Å²) in [5.74, 6) is 0.934. The van der Waals surface area contributed by atoms with Crippen LogP contribution in [0.1, 0.15) is 16.7 Å². The fraction of sp³-hybridized carbons (Fsp3) is 0.364. The summed E-state index contributed by atoms with van der Waals surface area (Å²) in [7, 11) is 1.74. The van der Waals surface area contributed by atoms with Crippen molar-refractivity contribution in [2.45, 2.75) is 19.9 Å². The number of hydrogen-bond acceptors (Lipinski definition) is 6. The van der Waals surface area contributed by atoms with E-state index >= 15 is 0 Å². The summed E-state index contributed by atoms with van der Waals surface area (Å²) in [6.45, 7) is 2.84. The molecule has 0 fully saturated rings. The first kappa shape index (κ1) is 13.0. The predicted octanol–water partition coefficient (Wildman–Crippen LogP) is 2.80. The Labute approximate surface area is 115 Å². The molecule has 0 atom stereocenters. The Balaban J connectivity index is 2.03. The lowest BCUT2D eigenvalue weighted by atomic mass is 10.4. The van der Waals surface area contributed by atoms with E-state index in [9.17, 15) is 0 Å². The molecule has 18 heavy (non-hydrogen) atoms. The molecule has 2 N–H and O–H groups in total. The van der Waals surface area contributed by atoms with Crippen molar-refractivity contribution in [1.82, 2.24) is 15.0 Å². The molecule has 0 radical (unpaired) electrons. The maximum absolute atomic E-state index is 5.80. The second-order valence-corrected chi connectivity index (χ2v) is 5.17. The van der Waals surface area contributed by atoms with Crippen LogP contribution >= 0.6 is 22.9 Å². The molecule has 0 aliphatic carbocycles. The standard InChI is InChI=1S/C11H14ClN5S/c1-3-7-4-5-8(18-7)6-14-11-16-9(12)15-10(13-2)17-11/h4-5H,3,6H2,1-2H3,(H2,13,14,15,16,17). The van der Waals surface area contributed by atoms with Gasteiger partial charge in [0.2, 0.25) is 17.2 Å². The minimum absolute atomic E-state index is 0.178. The highest BCUT2D eigenvalue weighted by Gasteiger charge is 2.04. The summed E-state index contributed by atoms with van der Waals surface area (Å²) in [5.41, 5.74) is 0. The van der Waals surface area contributed by atoms with Gasteiger partial charge in [-0.3, -0.25) is 0 Å². The largest absolute Gasteiger partial charge is 0.357 e. The van der Waals surface area contributed by atoms with Gasteiger partial charge in [-0.2, -0.15) is 15.0 Å². The zero-order valence-corrected chi connectivity index (χ0v) is 11.8. The summed E-state index contributed by atoms with van der Waals surface area (Å²) >= 11 is 7.58. The minimum atomic E-state index is 0.178. The molecule has 7 heteroatoms. The highest BCUT2D eigenvalue weighted by atomic mass is 35.5. The number of thiophene rings is 1. The van der Waals surface area contributed by atoms with E-state index in [4.69, 9.17) is 11.6 Å². The molecule has 96 valence electrons. The second kappa shape index (κ2) is 5.97. The van der Waals surface area contributed by atoms with Crippen LogP contribution in [0.15, 0.2) is 12.1 Å². The molecule has 2 heterocycles. The molecule has 0 unspecified atom stereocenters. The van der Waals surface area contributed by atoms with E-state index in [1.54, 1.807) is 18.4 Å². The van der Waals surface area contributed by atoms with E-state index < -0.39 is 0 Å². The number of aryl methyl sites for hydroxylation is 1. The van der Waals surface area contributed by atoms with Crippen molar-refractivity contribution < 1.29 is 0 Å². The summed E-state index contributed by atoms with van der Waals surface area (Å²) in [5, 5.41) is 6.15. The van der Waals surface area contributed by atoms with Crippen molar-refractivity contribution in [3.63, 3.8) is 0 Å². The molecule has 5 nitrogen and oxygen atoms in total. The smallest absolute Gasteiger partial charge is 0.229 e. The van der Waals surface area contributed by atoms with Crippen LogP contribution in [-0.4, -0.2) is 22.0 Å². The van der Waals surface area contributed by atoms with Gasteiger partial charge in [0.05, 0.1) is 6.54 Å². The predicted molar refractivity (Wildman–Crippen MR) is 75.4 cm³/mol. The third-order valence-electron chi connectivity index (χ3n) is 2.32. The van der Waals surface area contributed by atoms with E-state index in [-0.39, 0.29) is 5.28 Å². The Morgan fingerprint density at radius 2 is 1.89 bits per heavy atom. The SMILES string of the molecule is CCc1ccc(CNc2nc(Cl)nc(NC)n2)s1. The number of anilines is 2. The number of nitrogens with one attached hydrogen (secondary N) is 2. The van der Waals surface area contributed by atoms with Gasteiger partial charge in [0.1, 0.15) is 0 Å². The average molecular weight is 284 g/mol. The Kier molecular flexibility index (Phi) is 4.33. The van der Waals surface area contributed by atoms with Crippen molar-refractivity contribution in [2.75, 3.05) is 17.7 Å². The lowest BCUT2D eigenvalue weighted by molar-refractivity contribution is 1.01. The maximum atomic E-state index is 5.80. The topological polar surface area (TPSA) is 62.7 Å². The number of halogens is 1. The molecular weight excluding hydrogens is 270 g/mol.